The lowest BCUT2D eigenvalue weighted by Crippen LogP contribution is -2.39. The molecule has 2 N–H and O–H groups in total. The van der Waals surface area contributed by atoms with Crippen molar-refractivity contribution in [2.24, 2.45) is 0 Å². The van der Waals surface area contributed by atoms with Crippen LogP contribution in [-0.4, -0.2) is 37.9 Å². The van der Waals surface area contributed by atoms with Gasteiger partial charge >= 0.3 is 0 Å². The maximum Gasteiger partial charge on any atom is 0.246 e. The lowest BCUT2D eigenvalue weighted by molar-refractivity contribution is -0.133. The molecule has 0 aliphatic carbocycles. The van der Waals surface area contributed by atoms with E-state index in [1.165, 1.54) is 0 Å². The molecule has 1 heterocycles. The molecule has 0 bridgehead atoms. The molecular weight excluding hydrogens is 282 g/mol. The molecular formula is C14H18ClNO4. The van der Waals surface area contributed by atoms with Crippen molar-refractivity contribution >= 4 is 17.5 Å². The fourth-order valence-corrected chi connectivity index (χ4v) is 2.65. The number of amides is 1. The van der Waals surface area contributed by atoms with Crippen molar-refractivity contribution in [1.29, 1.82) is 0 Å². The van der Waals surface area contributed by atoms with Crippen LogP contribution in [0.3, 0.4) is 0 Å². The van der Waals surface area contributed by atoms with Crippen LogP contribution in [0, 0.1) is 6.92 Å². The predicted octanol–water partition coefficient (Wildman–Crippen LogP) is 1.38. The van der Waals surface area contributed by atoms with Crippen LogP contribution in [0.2, 0.25) is 5.02 Å². The zero-order chi connectivity index (χ0) is 14.7. The smallest absolute Gasteiger partial charge is 0.246 e. The van der Waals surface area contributed by atoms with E-state index in [4.69, 9.17) is 26.2 Å². The van der Waals surface area contributed by atoms with Gasteiger partial charge in [-0.05, 0) is 30.5 Å². The number of methoxy groups -OCH3 is 1. The first-order valence-electron chi connectivity index (χ1n) is 6.43. The van der Waals surface area contributed by atoms with Crippen molar-refractivity contribution in [3.8, 4) is 5.75 Å². The topological polar surface area (TPSA) is 67.8 Å². The summed E-state index contributed by atoms with van der Waals surface area (Å²) in [6, 6.07) is 1.80. The molecule has 1 aliphatic heterocycles. The standard InChI is InChI=1S/C14H18ClNO4/c1-8-10(15)5-9(3-4-17)14(19-2)13(8)11-6-16-12(18)7-20-11/h5,11,17H,3-4,6-7H2,1-2H3,(H,16,18). The van der Waals surface area contributed by atoms with E-state index in [0.29, 0.717) is 23.7 Å². The van der Waals surface area contributed by atoms with E-state index in [1.54, 1.807) is 13.2 Å². The van der Waals surface area contributed by atoms with E-state index >= 15 is 0 Å². The molecule has 20 heavy (non-hydrogen) atoms. The first kappa shape index (κ1) is 15.1. The van der Waals surface area contributed by atoms with E-state index in [0.717, 1.165) is 16.7 Å². The van der Waals surface area contributed by atoms with E-state index in [-0.39, 0.29) is 25.2 Å². The number of carbonyl (C=O) groups is 1. The number of ether oxygens (including phenoxy) is 2. The quantitative estimate of drug-likeness (QED) is 0.881. The Hall–Kier alpha value is -1.30. The molecule has 1 aliphatic rings. The molecule has 1 amide bonds. The number of carbonyl (C=O) groups excluding carboxylic acids is 1. The van der Waals surface area contributed by atoms with Gasteiger partial charge in [-0.25, -0.2) is 0 Å². The summed E-state index contributed by atoms with van der Waals surface area (Å²) >= 11 is 6.25. The van der Waals surface area contributed by atoms with Gasteiger partial charge in [-0.2, -0.15) is 0 Å². The monoisotopic (exact) mass is 299 g/mol. The summed E-state index contributed by atoms with van der Waals surface area (Å²) in [6.45, 7) is 2.31. The highest BCUT2D eigenvalue weighted by Gasteiger charge is 2.27. The largest absolute Gasteiger partial charge is 0.496 e. The fraction of sp³-hybridized carbons (Fsp3) is 0.500. The second-order valence-corrected chi connectivity index (χ2v) is 5.07. The maximum atomic E-state index is 11.2. The molecule has 0 radical (unpaired) electrons. The number of halogens is 1. The fourth-order valence-electron chi connectivity index (χ4n) is 2.41. The van der Waals surface area contributed by atoms with Crippen LogP contribution >= 0.6 is 11.6 Å². The van der Waals surface area contributed by atoms with Crippen LogP contribution in [0.1, 0.15) is 22.8 Å². The summed E-state index contributed by atoms with van der Waals surface area (Å²) in [6.07, 6.45) is 0.161. The van der Waals surface area contributed by atoms with Crippen molar-refractivity contribution < 1.29 is 19.4 Å². The van der Waals surface area contributed by atoms with E-state index in [1.807, 2.05) is 6.92 Å². The predicted molar refractivity (Wildman–Crippen MR) is 75.2 cm³/mol. The van der Waals surface area contributed by atoms with E-state index in [2.05, 4.69) is 5.32 Å². The van der Waals surface area contributed by atoms with Crippen LogP contribution in [0.25, 0.3) is 0 Å². The summed E-state index contributed by atoms with van der Waals surface area (Å²) in [5, 5.41) is 12.5. The number of morpholine rings is 1. The molecule has 5 nitrogen and oxygen atoms in total. The summed E-state index contributed by atoms with van der Waals surface area (Å²) in [4.78, 5) is 11.2. The minimum absolute atomic E-state index is 0.0114. The first-order valence-corrected chi connectivity index (χ1v) is 6.81. The third-order valence-electron chi connectivity index (χ3n) is 3.41. The van der Waals surface area contributed by atoms with Gasteiger partial charge in [-0.3, -0.25) is 4.79 Å². The number of hydrogen-bond donors (Lipinski definition) is 2. The maximum absolute atomic E-state index is 11.2. The Morgan fingerprint density at radius 1 is 1.60 bits per heavy atom. The van der Waals surface area contributed by atoms with Gasteiger partial charge in [0.2, 0.25) is 5.91 Å². The number of nitrogens with one attached hydrogen (secondary N) is 1. The van der Waals surface area contributed by atoms with Crippen LogP contribution in [-0.2, 0) is 16.0 Å². The van der Waals surface area contributed by atoms with Crippen LogP contribution in [0.15, 0.2) is 6.07 Å². The summed E-state index contributed by atoms with van der Waals surface area (Å²) in [7, 11) is 1.58. The summed E-state index contributed by atoms with van der Waals surface area (Å²) in [5.74, 6) is 0.539. The van der Waals surface area contributed by atoms with Gasteiger partial charge in [0.1, 0.15) is 18.5 Å². The van der Waals surface area contributed by atoms with Crippen molar-refractivity contribution in [2.45, 2.75) is 19.4 Å². The number of hydrogen-bond acceptors (Lipinski definition) is 4. The Labute approximate surface area is 122 Å². The number of rotatable bonds is 4. The SMILES string of the molecule is COc1c(CCO)cc(Cl)c(C)c1C1CNC(=O)CO1. The second kappa shape index (κ2) is 6.43. The molecule has 1 atom stereocenters. The third kappa shape index (κ3) is 2.90. The summed E-state index contributed by atoms with van der Waals surface area (Å²) in [5.41, 5.74) is 2.54. The minimum Gasteiger partial charge on any atom is -0.496 e. The van der Waals surface area contributed by atoms with Gasteiger partial charge in [-0.15, -0.1) is 0 Å². The molecule has 1 unspecified atom stereocenters. The average Bonchev–Trinajstić information content (AvgIpc) is 2.44. The minimum atomic E-state index is -0.293. The Morgan fingerprint density at radius 3 is 2.90 bits per heavy atom. The Bertz CT molecular complexity index is 508. The highest BCUT2D eigenvalue weighted by atomic mass is 35.5. The third-order valence-corrected chi connectivity index (χ3v) is 3.80. The van der Waals surface area contributed by atoms with Crippen molar-refractivity contribution in [3.05, 3.63) is 27.8 Å². The second-order valence-electron chi connectivity index (χ2n) is 4.67. The normalized spacial score (nSPS) is 18.8. The molecule has 1 fully saturated rings. The average molecular weight is 300 g/mol. The molecule has 1 aromatic rings. The van der Waals surface area contributed by atoms with Crippen LogP contribution < -0.4 is 10.1 Å². The Morgan fingerprint density at radius 2 is 2.35 bits per heavy atom. The summed E-state index contributed by atoms with van der Waals surface area (Å²) < 4.78 is 11.1. The van der Waals surface area contributed by atoms with Gasteiger partial charge in [0.25, 0.3) is 0 Å². The van der Waals surface area contributed by atoms with E-state index < -0.39 is 0 Å². The van der Waals surface area contributed by atoms with Crippen molar-refractivity contribution in [1.82, 2.24) is 5.32 Å². The van der Waals surface area contributed by atoms with Crippen LogP contribution in [0.4, 0.5) is 0 Å². The Kier molecular flexibility index (Phi) is 4.86. The molecule has 2 rings (SSSR count). The van der Waals surface area contributed by atoms with Crippen LogP contribution in [0.5, 0.6) is 5.75 Å². The number of benzene rings is 1. The zero-order valence-electron chi connectivity index (χ0n) is 11.5. The molecule has 6 heteroatoms. The van der Waals surface area contributed by atoms with Crippen molar-refractivity contribution in [3.63, 3.8) is 0 Å². The molecule has 0 aromatic heterocycles. The lowest BCUT2D eigenvalue weighted by Gasteiger charge is -2.28. The van der Waals surface area contributed by atoms with Gasteiger partial charge in [0.05, 0.1) is 7.11 Å². The number of aliphatic hydroxyl groups excluding tert-OH is 1. The van der Waals surface area contributed by atoms with Gasteiger partial charge in [-0.1, -0.05) is 11.6 Å². The molecule has 0 spiro atoms. The number of aliphatic hydroxyl groups is 1. The van der Waals surface area contributed by atoms with Gasteiger partial charge in [0.15, 0.2) is 0 Å². The molecule has 1 aromatic carbocycles. The van der Waals surface area contributed by atoms with Crippen molar-refractivity contribution in [2.75, 3.05) is 26.9 Å². The molecule has 110 valence electrons. The van der Waals surface area contributed by atoms with Gasteiger partial charge in [0, 0.05) is 23.7 Å². The molecule has 1 saturated heterocycles. The first-order chi connectivity index (χ1) is 9.58. The highest BCUT2D eigenvalue weighted by Crippen LogP contribution is 2.38. The van der Waals surface area contributed by atoms with Gasteiger partial charge < -0.3 is 19.9 Å². The zero-order valence-corrected chi connectivity index (χ0v) is 12.3. The lowest BCUT2D eigenvalue weighted by atomic mass is 9.96. The van der Waals surface area contributed by atoms with E-state index in [9.17, 15) is 4.79 Å². The Balaban J connectivity index is 2.46. The highest BCUT2D eigenvalue weighted by molar-refractivity contribution is 6.31. The molecule has 0 saturated carbocycles.